The molecule has 1 amide bonds. The van der Waals surface area contributed by atoms with Gasteiger partial charge < -0.3 is 19.7 Å². The number of Topliss-reactive ketones (excluding diaryl/α,β-unsaturated/α-hetero) is 1. The molecule has 194 valence electrons. The van der Waals surface area contributed by atoms with Crippen LogP contribution in [0.25, 0.3) is 6.08 Å². The van der Waals surface area contributed by atoms with Gasteiger partial charge in [0.1, 0.15) is 27.6 Å². The molecular weight excluding hydrogens is 526 g/mol. The zero-order chi connectivity index (χ0) is 27.2. The van der Waals surface area contributed by atoms with Gasteiger partial charge in [0.2, 0.25) is 0 Å². The fraction of sp³-hybridized carbons (Fsp3) is 0.143. The van der Waals surface area contributed by atoms with Gasteiger partial charge in [-0.2, -0.15) is 0 Å². The Kier molecular flexibility index (Phi) is 8.45. The van der Waals surface area contributed by atoms with Crippen molar-refractivity contribution in [3.8, 4) is 17.2 Å². The van der Waals surface area contributed by atoms with Gasteiger partial charge in [-0.1, -0.05) is 60.4 Å². The summed E-state index contributed by atoms with van der Waals surface area (Å²) in [7, 11) is 1.53. The molecular formula is C28H23NO7S2. The summed E-state index contributed by atoms with van der Waals surface area (Å²) in [6, 6.07) is 18.6. The Bertz CT molecular complexity index is 1400. The van der Waals surface area contributed by atoms with E-state index in [-0.39, 0.29) is 28.9 Å². The van der Waals surface area contributed by atoms with E-state index in [0.29, 0.717) is 33.1 Å². The molecule has 0 unspecified atom stereocenters. The van der Waals surface area contributed by atoms with Crippen LogP contribution in [-0.4, -0.2) is 56.9 Å². The molecule has 1 fully saturated rings. The number of hydrogen-bond donors (Lipinski definition) is 2. The van der Waals surface area contributed by atoms with Crippen LogP contribution in [0.3, 0.4) is 0 Å². The molecule has 0 radical (unpaired) electrons. The third kappa shape index (κ3) is 6.39. The first-order valence-electron chi connectivity index (χ1n) is 11.4. The van der Waals surface area contributed by atoms with Crippen LogP contribution in [0, 0.1) is 0 Å². The van der Waals surface area contributed by atoms with E-state index in [1.54, 1.807) is 66.7 Å². The number of nitrogens with zero attached hydrogens (tertiary/aromatic N) is 1. The van der Waals surface area contributed by atoms with Gasteiger partial charge in [-0.25, -0.2) is 4.79 Å². The summed E-state index contributed by atoms with van der Waals surface area (Å²) in [4.78, 5) is 38.9. The smallest absolute Gasteiger partial charge is 0.327 e. The van der Waals surface area contributed by atoms with Crippen LogP contribution in [0.4, 0.5) is 0 Å². The molecule has 1 saturated heterocycles. The standard InChI is InChI=1S/C28H23NO7S2/c1-35-22-4-2-3-19(15-22)24(31)16-36-21-11-7-18(8-12-21)14-25-26(32)29(28(37)38-25)23(27(33)34)13-17-5-9-20(30)10-6-17/h2-12,14-15,23,30H,13,16H2,1H3,(H,33,34)/b25-14-/t23-/m0/s1. The molecule has 3 aromatic rings. The molecule has 4 rings (SSSR count). The Hall–Kier alpha value is -4.15. The van der Waals surface area contributed by atoms with E-state index in [9.17, 15) is 24.6 Å². The number of carbonyl (C=O) groups is 3. The quantitative estimate of drug-likeness (QED) is 0.213. The van der Waals surface area contributed by atoms with E-state index in [1.165, 1.54) is 19.2 Å². The first kappa shape index (κ1) is 26.9. The van der Waals surface area contributed by atoms with Gasteiger partial charge in [-0.15, -0.1) is 0 Å². The number of thioether (sulfide) groups is 1. The van der Waals surface area contributed by atoms with Crippen LogP contribution >= 0.6 is 24.0 Å². The lowest BCUT2D eigenvalue weighted by Crippen LogP contribution is -2.45. The molecule has 10 heteroatoms. The minimum Gasteiger partial charge on any atom is -0.508 e. The number of hydrogen-bond acceptors (Lipinski definition) is 8. The van der Waals surface area contributed by atoms with Crippen molar-refractivity contribution >= 4 is 52.0 Å². The first-order chi connectivity index (χ1) is 18.2. The molecule has 0 spiro atoms. The van der Waals surface area contributed by atoms with Gasteiger partial charge in [-0.05, 0) is 53.6 Å². The predicted octanol–water partition coefficient (Wildman–Crippen LogP) is 4.56. The van der Waals surface area contributed by atoms with E-state index in [0.717, 1.165) is 16.7 Å². The van der Waals surface area contributed by atoms with Gasteiger partial charge in [0.25, 0.3) is 5.91 Å². The Morgan fingerprint density at radius 3 is 2.42 bits per heavy atom. The summed E-state index contributed by atoms with van der Waals surface area (Å²) in [5, 5.41) is 19.3. The van der Waals surface area contributed by atoms with E-state index >= 15 is 0 Å². The van der Waals surface area contributed by atoms with Crippen LogP contribution in [0.5, 0.6) is 17.2 Å². The number of phenolic OH excluding ortho intramolecular Hbond substituents is 1. The molecule has 0 saturated carbocycles. The number of carboxylic acid groups (broad SMARTS) is 1. The molecule has 8 nitrogen and oxygen atoms in total. The number of thiocarbonyl (C=S) groups is 1. The number of ether oxygens (including phenoxy) is 2. The van der Waals surface area contributed by atoms with Gasteiger partial charge in [0.05, 0.1) is 12.0 Å². The number of methoxy groups -OCH3 is 1. The second-order valence-corrected chi connectivity index (χ2v) is 9.96. The Labute approximate surface area is 228 Å². The lowest BCUT2D eigenvalue weighted by Gasteiger charge is -2.23. The van der Waals surface area contributed by atoms with Crippen molar-refractivity contribution in [2.24, 2.45) is 0 Å². The van der Waals surface area contributed by atoms with Crippen molar-refractivity contribution in [3.05, 3.63) is 94.4 Å². The Balaban J connectivity index is 1.42. The average molecular weight is 550 g/mol. The highest BCUT2D eigenvalue weighted by atomic mass is 32.2. The molecule has 2 N–H and O–H groups in total. The summed E-state index contributed by atoms with van der Waals surface area (Å²) < 4.78 is 10.9. The minimum atomic E-state index is -1.18. The second kappa shape index (κ2) is 11.9. The highest BCUT2D eigenvalue weighted by Crippen LogP contribution is 2.35. The van der Waals surface area contributed by atoms with Crippen molar-refractivity contribution in [2.75, 3.05) is 13.7 Å². The minimum absolute atomic E-state index is 0.0376. The summed E-state index contributed by atoms with van der Waals surface area (Å²) in [6.07, 6.45) is 1.67. The molecule has 0 aromatic heterocycles. The van der Waals surface area contributed by atoms with Crippen molar-refractivity contribution in [2.45, 2.75) is 12.5 Å². The van der Waals surface area contributed by atoms with Gasteiger partial charge in [0.15, 0.2) is 12.4 Å². The Morgan fingerprint density at radius 2 is 1.76 bits per heavy atom. The van der Waals surface area contributed by atoms with Crippen LogP contribution in [0.1, 0.15) is 21.5 Å². The third-order valence-electron chi connectivity index (χ3n) is 5.73. The third-order valence-corrected chi connectivity index (χ3v) is 7.06. The van der Waals surface area contributed by atoms with Gasteiger partial charge in [0, 0.05) is 12.0 Å². The second-order valence-electron chi connectivity index (χ2n) is 8.29. The van der Waals surface area contributed by atoms with Crippen LogP contribution in [0.15, 0.2) is 77.7 Å². The number of carbonyl (C=O) groups excluding carboxylic acids is 2. The van der Waals surface area contributed by atoms with E-state index in [4.69, 9.17) is 21.7 Å². The predicted molar refractivity (Wildman–Crippen MR) is 148 cm³/mol. The molecule has 1 atom stereocenters. The lowest BCUT2D eigenvalue weighted by molar-refractivity contribution is -0.145. The Morgan fingerprint density at radius 1 is 1.05 bits per heavy atom. The summed E-state index contributed by atoms with van der Waals surface area (Å²) in [5.74, 6) is -0.742. The van der Waals surface area contributed by atoms with Crippen LogP contribution < -0.4 is 9.47 Å². The summed E-state index contributed by atoms with van der Waals surface area (Å²) in [6.45, 7) is -0.150. The summed E-state index contributed by atoms with van der Waals surface area (Å²) in [5.41, 5.74) is 1.81. The van der Waals surface area contributed by atoms with Crippen molar-refractivity contribution in [3.63, 3.8) is 0 Å². The highest BCUT2D eigenvalue weighted by molar-refractivity contribution is 8.26. The zero-order valence-corrected chi connectivity index (χ0v) is 21.8. The van der Waals surface area contributed by atoms with Crippen molar-refractivity contribution in [1.82, 2.24) is 4.90 Å². The molecule has 1 aliphatic heterocycles. The molecule has 38 heavy (non-hydrogen) atoms. The largest absolute Gasteiger partial charge is 0.508 e. The fourth-order valence-corrected chi connectivity index (χ4v) is 5.09. The monoisotopic (exact) mass is 549 g/mol. The molecule has 1 aliphatic rings. The van der Waals surface area contributed by atoms with Crippen molar-refractivity contribution < 1.29 is 34.1 Å². The fourth-order valence-electron chi connectivity index (χ4n) is 3.73. The van der Waals surface area contributed by atoms with Crippen molar-refractivity contribution in [1.29, 1.82) is 0 Å². The number of aromatic hydroxyl groups is 1. The number of phenols is 1. The maximum absolute atomic E-state index is 13.1. The number of amides is 1. The SMILES string of the molecule is COc1cccc(C(=O)COc2ccc(/C=C3\SC(=S)N([C@@H](Cc4ccc(O)cc4)C(=O)O)C3=O)cc2)c1. The average Bonchev–Trinajstić information content (AvgIpc) is 3.19. The van der Waals surface area contributed by atoms with E-state index in [1.807, 2.05) is 0 Å². The number of rotatable bonds is 10. The van der Waals surface area contributed by atoms with E-state index in [2.05, 4.69) is 0 Å². The molecule has 0 aliphatic carbocycles. The number of ketones is 1. The number of carboxylic acids is 1. The van der Waals surface area contributed by atoms with Gasteiger partial charge in [-0.3, -0.25) is 14.5 Å². The molecule has 1 heterocycles. The summed E-state index contributed by atoms with van der Waals surface area (Å²) >= 11 is 6.38. The van der Waals surface area contributed by atoms with Gasteiger partial charge >= 0.3 is 5.97 Å². The maximum atomic E-state index is 13.1. The topological polar surface area (TPSA) is 113 Å². The molecule has 3 aromatic carbocycles. The normalized spacial score (nSPS) is 15.0. The van der Waals surface area contributed by atoms with Crippen LogP contribution in [0.2, 0.25) is 0 Å². The van der Waals surface area contributed by atoms with Crippen LogP contribution in [-0.2, 0) is 16.0 Å². The number of aliphatic carboxylic acids is 1. The van der Waals surface area contributed by atoms with E-state index < -0.39 is 17.9 Å². The number of benzene rings is 3. The molecule has 0 bridgehead atoms. The highest BCUT2D eigenvalue weighted by Gasteiger charge is 2.40. The zero-order valence-electron chi connectivity index (χ0n) is 20.2. The lowest BCUT2D eigenvalue weighted by atomic mass is 10.0. The first-order valence-corrected chi connectivity index (χ1v) is 12.7. The maximum Gasteiger partial charge on any atom is 0.327 e.